The van der Waals surface area contributed by atoms with Crippen molar-refractivity contribution >= 4 is 16.9 Å². The molecular weight excluding hydrogens is 327 g/mol. The highest BCUT2D eigenvalue weighted by Crippen LogP contribution is 2.44. The Labute approximate surface area is 141 Å². The van der Waals surface area contributed by atoms with Crippen LogP contribution in [0.5, 0.6) is 5.75 Å². The van der Waals surface area contributed by atoms with Crippen molar-refractivity contribution in [1.29, 1.82) is 0 Å². The van der Waals surface area contributed by atoms with Crippen molar-refractivity contribution in [2.24, 2.45) is 0 Å². The minimum absolute atomic E-state index is 0.237. The molecule has 0 amide bonds. The van der Waals surface area contributed by atoms with Crippen LogP contribution in [0, 0.1) is 5.82 Å². The number of para-hydroxylation sites is 1. The molecule has 1 aromatic heterocycles. The average molecular weight is 340 g/mol. The van der Waals surface area contributed by atoms with Gasteiger partial charge in [0.15, 0.2) is 0 Å². The third kappa shape index (κ3) is 2.38. The number of fused-ring (bicyclic) bond motifs is 3. The van der Waals surface area contributed by atoms with Crippen LogP contribution in [0.1, 0.15) is 17.0 Å². The van der Waals surface area contributed by atoms with E-state index >= 15 is 0 Å². The van der Waals surface area contributed by atoms with Crippen LogP contribution in [0.4, 0.5) is 4.39 Å². The molecule has 2 atom stereocenters. The fourth-order valence-corrected chi connectivity index (χ4v) is 3.19. The monoisotopic (exact) mass is 340 g/mol. The zero-order valence-corrected chi connectivity index (χ0v) is 13.2. The molecule has 5 nitrogen and oxygen atoms in total. The third-order valence-corrected chi connectivity index (χ3v) is 4.32. The molecule has 6 heteroatoms. The summed E-state index contributed by atoms with van der Waals surface area (Å²) < 4.78 is 29.3. The summed E-state index contributed by atoms with van der Waals surface area (Å²) in [5, 5.41) is 0.593. The van der Waals surface area contributed by atoms with E-state index in [0.717, 1.165) is 0 Å². The second-order valence-corrected chi connectivity index (χ2v) is 5.72. The van der Waals surface area contributed by atoms with Gasteiger partial charge in [-0.2, -0.15) is 0 Å². The Hall–Kier alpha value is -3.15. The van der Waals surface area contributed by atoms with Gasteiger partial charge in [0.05, 0.1) is 24.0 Å². The number of carbonyl (C=O) groups excluding carboxylic acids is 1. The summed E-state index contributed by atoms with van der Waals surface area (Å²) in [7, 11) is 1.25. The predicted octanol–water partition coefficient (Wildman–Crippen LogP) is 3.00. The Kier molecular flexibility index (Phi) is 3.53. The first-order valence-electron chi connectivity index (χ1n) is 7.66. The van der Waals surface area contributed by atoms with Gasteiger partial charge in [0.1, 0.15) is 17.1 Å². The zero-order valence-electron chi connectivity index (χ0n) is 13.2. The van der Waals surface area contributed by atoms with E-state index in [9.17, 15) is 14.0 Å². The number of hydrogen-bond acceptors (Lipinski definition) is 5. The zero-order chi connectivity index (χ0) is 17.6. The lowest BCUT2D eigenvalue weighted by Crippen LogP contribution is -2.31. The van der Waals surface area contributed by atoms with Crippen LogP contribution in [0.2, 0.25) is 0 Å². The van der Waals surface area contributed by atoms with E-state index in [2.05, 4.69) is 0 Å². The van der Waals surface area contributed by atoms with Gasteiger partial charge in [-0.25, -0.2) is 14.0 Å². The molecule has 25 heavy (non-hydrogen) atoms. The van der Waals surface area contributed by atoms with Crippen LogP contribution >= 0.6 is 0 Å². The molecule has 1 aliphatic rings. The van der Waals surface area contributed by atoms with E-state index in [1.807, 2.05) is 0 Å². The number of ether oxygens (including phenoxy) is 2. The van der Waals surface area contributed by atoms with Gasteiger partial charge in [0.2, 0.25) is 6.10 Å². The van der Waals surface area contributed by atoms with Gasteiger partial charge < -0.3 is 13.9 Å². The number of rotatable bonds is 2. The number of halogens is 1. The minimum atomic E-state index is -1.04. The average Bonchev–Trinajstić information content (AvgIpc) is 3.03. The van der Waals surface area contributed by atoms with Crippen LogP contribution in [-0.4, -0.2) is 19.2 Å². The summed E-state index contributed by atoms with van der Waals surface area (Å²) in [6.07, 6.45) is -1.04. The summed E-state index contributed by atoms with van der Waals surface area (Å²) in [6.45, 7) is 0. The number of carbonyl (C=O) groups is 1. The number of esters is 1. The van der Waals surface area contributed by atoms with Crippen LogP contribution in [0.25, 0.3) is 11.0 Å². The maximum atomic E-state index is 13.3. The molecule has 0 unspecified atom stereocenters. The molecule has 2 heterocycles. The Morgan fingerprint density at radius 1 is 1.12 bits per heavy atom. The smallest absolute Gasteiger partial charge is 0.348 e. The third-order valence-electron chi connectivity index (χ3n) is 4.32. The number of hydrogen-bond donors (Lipinski definition) is 0. The summed E-state index contributed by atoms with van der Waals surface area (Å²) in [4.78, 5) is 24.8. The van der Waals surface area contributed by atoms with Crippen LogP contribution in [-0.2, 0) is 9.53 Å². The summed E-state index contributed by atoms with van der Waals surface area (Å²) in [5.41, 5.74) is 0.586. The minimum Gasteiger partial charge on any atom is -0.476 e. The molecule has 0 saturated carbocycles. The van der Waals surface area contributed by atoms with Gasteiger partial charge in [0.25, 0.3) is 0 Å². The van der Waals surface area contributed by atoms with E-state index in [1.54, 1.807) is 24.3 Å². The molecule has 3 aromatic rings. The van der Waals surface area contributed by atoms with Crippen LogP contribution < -0.4 is 10.4 Å². The molecular formula is C19H13FO5. The fourth-order valence-electron chi connectivity index (χ4n) is 3.19. The molecule has 0 aliphatic carbocycles. The van der Waals surface area contributed by atoms with Crippen molar-refractivity contribution in [3.63, 3.8) is 0 Å². The second-order valence-electron chi connectivity index (χ2n) is 5.72. The van der Waals surface area contributed by atoms with E-state index in [0.29, 0.717) is 22.3 Å². The number of benzene rings is 2. The van der Waals surface area contributed by atoms with E-state index in [1.165, 1.54) is 31.4 Å². The molecule has 0 spiro atoms. The Balaban J connectivity index is 1.98. The van der Waals surface area contributed by atoms with Gasteiger partial charge >= 0.3 is 11.6 Å². The summed E-state index contributed by atoms with van der Waals surface area (Å²) in [6, 6.07) is 12.5. The lowest BCUT2D eigenvalue weighted by molar-refractivity contribution is -0.148. The molecule has 0 bridgehead atoms. The highest BCUT2D eigenvalue weighted by Gasteiger charge is 2.44. The largest absolute Gasteiger partial charge is 0.476 e. The molecule has 0 saturated heterocycles. The standard InChI is InChI=1S/C19H13FO5/c1-23-19(22)17-14(10-6-8-11(20)9-7-10)15-16(25-17)12-4-2-3-5-13(12)24-18(15)21/h2-9,14,17H,1H3/t14-,17+/m1/s1. The first-order valence-corrected chi connectivity index (χ1v) is 7.66. The van der Waals surface area contributed by atoms with E-state index < -0.39 is 29.4 Å². The first kappa shape index (κ1) is 15.4. The second kappa shape index (κ2) is 5.73. The molecule has 0 radical (unpaired) electrons. The molecule has 4 rings (SSSR count). The van der Waals surface area contributed by atoms with Gasteiger partial charge in [-0.05, 0) is 29.8 Å². The molecule has 0 N–H and O–H groups in total. The summed E-state index contributed by atoms with van der Waals surface area (Å²) >= 11 is 0. The van der Waals surface area contributed by atoms with Gasteiger partial charge in [-0.1, -0.05) is 24.3 Å². The van der Waals surface area contributed by atoms with E-state index in [4.69, 9.17) is 13.9 Å². The molecule has 126 valence electrons. The Morgan fingerprint density at radius 3 is 2.56 bits per heavy atom. The normalized spacial score (nSPS) is 18.6. The topological polar surface area (TPSA) is 65.7 Å². The van der Waals surface area contributed by atoms with Gasteiger partial charge in [0, 0.05) is 0 Å². The molecule has 2 aromatic carbocycles. The summed E-state index contributed by atoms with van der Waals surface area (Å²) in [5.74, 6) is -1.46. The predicted molar refractivity (Wildman–Crippen MR) is 87.2 cm³/mol. The van der Waals surface area contributed by atoms with Gasteiger partial charge in [-0.15, -0.1) is 0 Å². The van der Waals surface area contributed by atoms with Crippen molar-refractivity contribution in [2.75, 3.05) is 7.11 Å². The maximum Gasteiger partial charge on any atom is 0.348 e. The van der Waals surface area contributed by atoms with Crippen LogP contribution in [0.3, 0.4) is 0 Å². The van der Waals surface area contributed by atoms with Crippen molar-refractivity contribution in [1.82, 2.24) is 0 Å². The molecule has 1 aliphatic heterocycles. The van der Waals surface area contributed by atoms with Crippen molar-refractivity contribution in [2.45, 2.75) is 12.0 Å². The molecule has 0 fully saturated rings. The lowest BCUT2D eigenvalue weighted by atomic mass is 9.88. The quantitative estimate of drug-likeness (QED) is 0.530. The lowest BCUT2D eigenvalue weighted by Gasteiger charge is -2.16. The fraction of sp³-hybridized carbons (Fsp3) is 0.158. The first-order chi connectivity index (χ1) is 12.1. The SMILES string of the molecule is COC(=O)[C@H]1Oc2c(c(=O)oc3ccccc23)[C@H]1c1ccc(F)cc1. The van der Waals surface area contributed by atoms with E-state index in [-0.39, 0.29) is 5.56 Å². The Morgan fingerprint density at radius 2 is 1.84 bits per heavy atom. The van der Waals surface area contributed by atoms with Crippen molar-refractivity contribution in [3.8, 4) is 5.75 Å². The number of methoxy groups -OCH3 is 1. The highest BCUT2D eigenvalue weighted by molar-refractivity contribution is 5.88. The van der Waals surface area contributed by atoms with Gasteiger partial charge in [-0.3, -0.25) is 0 Å². The maximum absolute atomic E-state index is 13.3. The highest BCUT2D eigenvalue weighted by atomic mass is 19.1. The van der Waals surface area contributed by atoms with Crippen molar-refractivity contribution in [3.05, 3.63) is 75.9 Å². The van der Waals surface area contributed by atoms with Crippen molar-refractivity contribution < 1.29 is 23.1 Å². The Bertz CT molecular complexity index is 1020. The van der Waals surface area contributed by atoms with Crippen LogP contribution in [0.15, 0.2) is 57.7 Å².